The summed E-state index contributed by atoms with van der Waals surface area (Å²) >= 11 is 0. The molecule has 0 spiro atoms. The lowest BCUT2D eigenvalue weighted by Crippen LogP contribution is -2.57. The molecule has 1 aliphatic heterocycles. The molecule has 6 heteroatoms. The molecular formula is C14H25NO5. The Morgan fingerprint density at radius 2 is 1.90 bits per heavy atom. The maximum atomic E-state index is 12.2. The number of likely N-dealkylation sites (tertiary alicyclic amines) is 1. The van der Waals surface area contributed by atoms with Crippen LogP contribution in [-0.2, 0) is 9.53 Å². The molecule has 0 aliphatic carbocycles. The van der Waals surface area contributed by atoms with Gasteiger partial charge in [0, 0.05) is 6.54 Å². The molecule has 0 saturated carbocycles. The van der Waals surface area contributed by atoms with Crippen LogP contribution in [-0.4, -0.2) is 51.5 Å². The zero-order valence-electron chi connectivity index (χ0n) is 12.8. The minimum atomic E-state index is -1.58. The van der Waals surface area contributed by atoms with Gasteiger partial charge in [-0.05, 0) is 39.0 Å². The number of aliphatic hydroxyl groups is 1. The fourth-order valence-electron chi connectivity index (χ4n) is 2.37. The highest BCUT2D eigenvalue weighted by molar-refractivity contribution is 5.75. The number of aliphatic carboxylic acids is 1. The molecule has 0 radical (unpaired) electrons. The van der Waals surface area contributed by atoms with Crippen LogP contribution in [0.2, 0.25) is 0 Å². The van der Waals surface area contributed by atoms with Crippen molar-refractivity contribution in [3.8, 4) is 0 Å². The lowest BCUT2D eigenvalue weighted by atomic mass is 9.80. The van der Waals surface area contributed by atoms with E-state index in [0.29, 0.717) is 13.0 Å². The van der Waals surface area contributed by atoms with Gasteiger partial charge in [0.15, 0.2) is 6.10 Å². The number of piperidine rings is 1. The molecule has 0 aromatic heterocycles. The van der Waals surface area contributed by atoms with Crippen molar-refractivity contribution in [1.82, 2.24) is 4.90 Å². The van der Waals surface area contributed by atoms with Crippen LogP contribution >= 0.6 is 0 Å². The average Bonchev–Trinajstić information content (AvgIpc) is 2.24. The number of aliphatic hydroxyl groups excluding tert-OH is 1. The molecule has 20 heavy (non-hydrogen) atoms. The topological polar surface area (TPSA) is 87.1 Å². The summed E-state index contributed by atoms with van der Waals surface area (Å²) in [5.41, 5.74) is -0.775. The van der Waals surface area contributed by atoms with Crippen molar-refractivity contribution in [3.05, 3.63) is 0 Å². The van der Waals surface area contributed by atoms with E-state index in [1.807, 2.05) is 13.8 Å². The summed E-state index contributed by atoms with van der Waals surface area (Å²) in [5.74, 6) is -1.32. The molecular weight excluding hydrogens is 262 g/mol. The average molecular weight is 287 g/mol. The minimum Gasteiger partial charge on any atom is -0.479 e. The number of nitrogens with zero attached hydrogens (tertiary/aromatic N) is 1. The van der Waals surface area contributed by atoms with Crippen molar-refractivity contribution >= 4 is 12.1 Å². The largest absolute Gasteiger partial charge is 0.479 e. The Balaban J connectivity index is 2.93. The first-order valence-electron chi connectivity index (χ1n) is 6.83. The molecule has 2 N–H and O–H groups in total. The van der Waals surface area contributed by atoms with E-state index < -0.39 is 29.8 Å². The smallest absolute Gasteiger partial charge is 0.410 e. The van der Waals surface area contributed by atoms with E-state index in [4.69, 9.17) is 9.84 Å². The predicted octanol–water partition coefficient (Wildman–Crippen LogP) is 1.86. The summed E-state index contributed by atoms with van der Waals surface area (Å²) in [5, 5.41) is 18.8. The second-order valence-electron chi connectivity index (χ2n) is 7.16. The number of ether oxygens (including phenoxy) is 1. The first-order chi connectivity index (χ1) is 8.93. The van der Waals surface area contributed by atoms with Crippen molar-refractivity contribution in [2.24, 2.45) is 5.41 Å². The second-order valence-corrected chi connectivity index (χ2v) is 7.16. The molecule has 0 aromatic rings. The summed E-state index contributed by atoms with van der Waals surface area (Å²) < 4.78 is 5.31. The van der Waals surface area contributed by atoms with Crippen LogP contribution in [0.15, 0.2) is 0 Å². The highest BCUT2D eigenvalue weighted by Gasteiger charge is 2.42. The van der Waals surface area contributed by atoms with Gasteiger partial charge in [-0.2, -0.15) is 0 Å². The van der Waals surface area contributed by atoms with Gasteiger partial charge < -0.3 is 19.8 Å². The highest BCUT2D eigenvalue weighted by Crippen LogP contribution is 2.34. The lowest BCUT2D eigenvalue weighted by Gasteiger charge is -2.44. The summed E-state index contributed by atoms with van der Waals surface area (Å²) in [7, 11) is 0. The van der Waals surface area contributed by atoms with Crippen molar-refractivity contribution in [2.45, 2.75) is 65.2 Å². The zero-order valence-corrected chi connectivity index (χ0v) is 12.8. The molecule has 2 unspecified atom stereocenters. The molecule has 1 aliphatic rings. The molecule has 0 aromatic carbocycles. The molecule has 1 amide bonds. The summed E-state index contributed by atoms with van der Waals surface area (Å²) in [6, 6.07) is -0.740. The van der Waals surface area contributed by atoms with Crippen LogP contribution in [0.1, 0.15) is 47.5 Å². The van der Waals surface area contributed by atoms with Crippen molar-refractivity contribution in [3.63, 3.8) is 0 Å². The van der Waals surface area contributed by atoms with Crippen LogP contribution in [0.4, 0.5) is 4.79 Å². The van der Waals surface area contributed by atoms with E-state index in [2.05, 4.69) is 0 Å². The molecule has 1 rings (SSSR count). The van der Waals surface area contributed by atoms with E-state index in [-0.39, 0.29) is 5.41 Å². The van der Waals surface area contributed by atoms with Gasteiger partial charge in [0.2, 0.25) is 0 Å². The van der Waals surface area contributed by atoms with Crippen LogP contribution in [0, 0.1) is 5.41 Å². The Kier molecular flexibility index (Phi) is 4.69. The number of hydrogen-bond donors (Lipinski definition) is 2. The number of carbonyl (C=O) groups excluding carboxylic acids is 1. The van der Waals surface area contributed by atoms with Crippen LogP contribution < -0.4 is 0 Å². The van der Waals surface area contributed by atoms with Gasteiger partial charge in [-0.15, -0.1) is 0 Å². The first-order valence-corrected chi connectivity index (χ1v) is 6.83. The fourth-order valence-corrected chi connectivity index (χ4v) is 2.37. The van der Waals surface area contributed by atoms with Gasteiger partial charge in [0.05, 0.1) is 6.04 Å². The van der Waals surface area contributed by atoms with E-state index in [9.17, 15) is 14.7 Å². The molecule has 6 nitrogen and oxygen atoms in total. The highest BCUT2D eigenvalue weighted by atomic mass is 16.6. The number of carboxylic acid groups (broad SMARTS) is 1. The van der Waals surface area contributed by atoms with Crippen molar-refractivity contribution in [2.75, 3.05) is 6.54 Å². The number of carboxylic acids is 1. The Bertz CT molecular complexity index is 386. The van der Waals surface area contributed by atoms with Crippen molar-refractivity contribution in [1.29, 1.82) is 0 Å². The van der Waals surface area contributed by atoms with Gasteiger partial charge in [-0.25, -0.2) is 9.59 Å². The summed E-state index contributed by atoms with van der Waals surface area (Å²) in [6.07, 6.45) is -0.963. The number of rotatable bonds is 2. The summed E-state index contributed by atoms with van der Waals surface area (Å²) in [6.45, 7) is 9.65. The maximum absolute atomic E-state index is 12.2. The van der Waals surface area contributed by atoms with E-state index in [1.165, 1.54) is 4.90 Å². The molecule has 2 atom stereocenters. The zero-order chi connectivity index (χ0) is 15.7. The van der Waals surface area contributed by atoms with E-state index >= 15 is 0 Å². The Morgan fingerprint density at radius 3 is 2.35 bits per heavy atom. The first kappa shape index (κ1) is 16.8. The fraction of sp³-hybridized carbons (Fsp3) is 0.857. The third-order valence-electron chi connectivity index (χ3n) is 3.36. The molecule has 0 bridgehead atoms. The second kappa shape index (κ2) is 5.60. The van der Waals surface area contributed by atoms with Gasteiger partial charge in [-0.1, -0.05) is 13.8 Å². The monoisotopic (exact) mass is 287 g/mol. The van der Waals surface area contributed by atoms with Gasteiger partial charge in [-0.3, -0.25) is 0 Å². The van der Waals surface area contributed by atoms with Crippen LogP contribution in [0.5, 0.6) is 0 Å². The molecule has 1 fully saturated rings. The van der Waals surface area contributed by atoms with Crippen LogP contribution in [0.3, 0.4) is 0 Å². The normalized spacial score (nSPS) is 24.1. The summed E-state index contributed by atoms with van der Waals surface area (Å²) in [4.78, 5) is 24.6. The lowest BCUT2D eigenvalue weighted by molar-refractivity contribution is -0.152. The predicted molar refractivity (Wildman–Crippen MR) is 73.4 cm³/mol. The number of amides is 1. The number of hydrogen-bond acceptors (Lipinski definition) is 4. The molecule has 116 valence electrons. The Labute approximate surface area is 119 Å². The molecule has 1 saturated heterocycles. The molecule has 1 heterocycles. The SMILES string of the molecule is CC1(C)CCC(C(O)C(=O)O)N(C(=O)OC(C)(C)C)C1. The Morgan fingerprint density at radius 1 is 1.35 bits per heavy atom. The third-order valence-corrected chi connectivity index (χ3v) is 3.36. The van der Waals surface area contributed by atoms with E-state index in [0.717, 1.165) is 6.42 Å². The van der Waals surface area contributed by atoms with E-state index in [1.54, 1.807) is 20.8 Å². The van der Waals surface area contributed by atoms with Gasteiger partial charge in [0.1, 0.15) is 5.60 Å². The quantitative estimate of drug-likeness (QED) is 0.809. The standard InChI is InChI=1S/C14H25NO5/c1-13(2,3)20-12(19)15-8-14(4,5)7-6-9(15)10(16)11(17)18/h9-10,16H,6-8H2,1-5H3,(H,17,18). The van der Waals surface area contributed by atoms with Gasteiger partial charge >= 0.3 is 12.1 Å². The minimum absolute atomic E-state index is 0.119. The number of carbonyl (C=O) groups is 2. The van der Waals surface area contributed by atoms with Gasteiger partial charge in [0.25, 0.3) is 0 Å². The maximum Gasteiger partial charge on any atom is 0.410 e. The Hall–Kier alpha value is -1.30. The third kappa shape index (κ3) is 4.37. The van der Waals surface area contributed by atoms with Crippen molar-refractivity contribution < 1.29 is 24.5 Å². The van der Waals surface area contributed by atoms with Crippen LogP contribution in [0.25, 0.3) is 0 Å².